The van der Waals surface area contributed by atoms with Crippen LogP contribution in [0.25, 0.3) is 0 Å². The van der Waals surface area contributed by atoms with E-state index in [0.717, 1.165) is 19.6 Å². The lowest BCUT2D eigenvalue weighted by Crippen LogP contribution is -2.54. The molecule has 1 aliphatic carbocycles. The lowest BCUT2D eigenvalue weighted by molar-refractivity contribution is 0.135. The zero-order valence-corrected chi connectivity index (χ0v) is 10.7. The van der Waals surface area contributed by atoms with Crippen molar-refractivity contribution in [2.45, 2.75) is 57.0 Å². The fourth-order valence-corrected chi connectivity index (χ4v) is 3.08. The summed E-state index contributed by atoms with van der Waals surface area (Å²) in [5.41, 5.74) is 0.270. The molecule has 0 aromatic carbocycles. The second-order valence-corrected chi connectivity index (χ2v) is 5.89. The largest absolute Gasteiger partial charge is 0.310 e. The van der Waals surface area contributed by atoms with Crippen LogP contribution in [0.5, 0.6) is 0 Å². The fraction of sp³-hybridized carbons (Fsp3) is 0.857. The van der Waals surface area contributed by atoms with E-state index >= 15 is 0 Å². The zero-order valence-electron chi connectivity index (χ0n) is 10.7. The summed E-state index contributed by atoms with van der Waals surface area (Å²) >= 11 is 0. The molecule has 0 radical (unpaired) electrons. The second-order valence-electron chi connectivity index (χ2n) is 5.89. The van der Waals surface area contributed by atoms with Gasteiger partial charge in [0.1, 0.15) is 0 Å². The zero-order chi connectivity index (χ0) is 11.6. The van der Waals surface area contributed by atoms with E-state index in [9.17, 15) is 0 Å². The van der Waals surface area contributed by atoms with Crippen molar-refractivity contribution >= 4 is 0 Å². The third-order valence-corrected chi connectivity index (χ3v) is 4.30. The molecule has 0 aromatic heterocycles. The van der Waals surface area contributed by atoms with Gasteiger partial charge in [0, 0.05) is 18.6 Å². The molecule has 2 heteroatoms. The minimum absolute atomic E-state index is 0.0956. The number of nitrogens with zero attached hydrogens (tertiary/aromatic N) is 1. The summed E-state index contributed by atoms with van der Waals surface area (Å²) in [6, 6.07) is 0. The number of rotatable bonds is 1. The highest BCUT2D eigenvalue weighted by Gasteiger charge is 2.39. The molecule has 90 valence electrons. The van der Waals surface area contributed by atoms with Crippen molar-refractivity contribution in [3.05, 3.63) is 0 Å². The molecule has 0 atom stereocenters. The molecule has 0 unspecified atom stereocenters. The number of hydrogen-bond donors (Lipinski definition) is 1. The maximum absolute atomic E-state index is 5.66. The van der Waals surface area contributed by atoms with Gasteiger partial charge in [0.15, 0.2) is 0 Å². The monoisotopic (exact) mass is 220 g/mol. The van der Waals surface area contributed by atoms with Crippen LogP contribution in [0.1, 0.15) is 46.0 Å². The molecule has 1 saturated carbocycles. The summed E-state index contributed by atoms with van der Waals surface area (Å²) in [5.74, 6) is 2.94. The van der Waals surface area contributed by atoms with Gasteiger partial charge in [-0.15, -0.1) is 6.42 Å². The lowest BCUT2D eigenvalue weighted by atomic mass is 9.94. The second kappa shape index (κ2) is 4.39. The number of terminal acetylenes is 1. The molecule has 0 amide bonds. The normalized spacial score (nSPS) is 26.6. The van der Waals surface area contributed by atoms with Gasteiger partial charge >= 0.3 is 0 Å². The summed E-state index contributed by atoms with van der Waals surface area (Å²) in [4.78, 5) is 2.50. The Kier molecular flexibility index (Phi) is 3.28. The first-order valence-corrected chi connectivity index (χ1v) is 6.56. The quantitative estimate of drug-likeness (QED) is 0.680. The molecule has 1 heterocycles. The smallest absolute Gasteiger partial charge is 0.0766 e. The Hall–Kier alpha value is -0.520. The van der Waals surface area contributed by atoms with Crippen molar-refractivity contribution in [2.24, 2.45) is 0 Å². The van der Waals surface area contributed by atoms with E-state index in [-0.39, 0.29) is 5.54 Å². The van der Waals surface area contributed by atoms with Gasteiger partial charge in [0.05, 0.1) is 5.54 Å². The van der Waals surface area contributed by atoms with Crippen LogP contribution in [0.2, 0.25) is 0 Å². The highest BCUT2D eigenvalue weighted by Crippen LogP contribution is 2.33. The van der Waals surface area contributed by atoms with Gasteiger partial charge in [-0.25, -0.2) is 0 Å². The van der Waals surface area contributed by atoms with Crippen LogP contribution in [0.4, 0.5) is 0 Å². The summed E-state index contributed by atoms with van der Waals surface area (Å²) < 4.78 is 0. The summed E-state index contributed by atoms with van der Waals surface area (Å²) in [5, 5.41) is 3.77. The van der Waals surface area contributed by atoms with E-state index in [1.807, 2.05) is 0 Å². The highest BCUT2D eigenvalue weighted by molar-refractivity contribution is 5.11. The Labute approximate surface area is 99.8 Å². The predicted molar refractivity (Wildman–Crippen MR) is 68.3 cm³/mol. The first kappa shape index (κ1) is 12.0. The summed E-state index contributed by atoms with van der Waals surface area (Å²) in [6.45, 7) is 7.75. The van der Waals surface area contributed by atoms with E-state index < -0.39 is 0 Å². The van der Waals surface area contributed by atoms with Crippen molar-refractivity contribution in [3.63, 3.8) is 0 Å². The Morgan fingerprint density at radius 3 is 2.56 bits per heavy atom. The van der Waals surface area contributed by atoms with Crippen LogP contribution >= 0.6 is 0 Å². The molecule has 0 bridgehead atoms. The van der Waals surface area contributed by atoms with Gasteiger partial charge in [-0.3, -0.25) is 4.90 Å². The van der Waals surface area contributed by atoms with Gasteiger partial charge in [-0.05, 0) is 39.7 Å². The molecule has 2 aliphatic rings. The molecule has 1 saturated heterocycles. The number of nitrogens with one attached hydrogen (secondary N) is 1. The third kappa shape index (κ3) is 2.26. The first-order valence-electron chi connectivity index (χ1n) is 6.56. The molecule has 2 rings (SSSR count). The van der Waals surface area contributed by atoms with Gasteiger partial charge in [-0.2, -0.15) is 0 Å². The van der Waals surface area contributed by atoms with Gasteiger partial charge in [0.2, 0.25) is 0 Å². The Morgan fingerprint density at radius 1 is 1.25 bits per heavy atom. The van der Waals surface area contributed by atoms with Crippen molar-refractivity contribution in [1.82, 2.24) is 10.2 Å². The van der Waals surface area contributed by atoms with Crippen LogP contribution in [-0.4, -0.2) is 35.6 Å². The Balaban J connectivity index is 2.13. The Bertz CT molecular complexity index is 282. The van der Waals surface area contributed by atoms with E-state index in [4.69, 9.17) is 6.42 Å². The average molecular weight is 220 g/mol. The van der Waals surface area contributed by atoms with Crippen molar-refractivity contribution in [2.75, 3.05) is 19.6 Å². The van der Waals surface area contributed by atoms with Gasteiger partial charge < -0.3 is 5.32 Å². The van der Waals surface area contributed by atoms with E-state index in [0.29, 0.717) is 5.54 Å². The molecule has 1 aliphatic heterocycles. The van der Waals surface area contributed by atoms with Gasteiger partial charge in [0.25, 0.3) is 0 Å². The van der Waals surface area contributed by atoms with Crippen LogP contribution in [-0.2, 0) is 0 Å². The first-order chi connectivity index (χ1) is 7.58. The molecule has 1 spiro atoms. The van der Waals surface area contributed by atoms with Crippen LogP contribution in [0, 0.1) is 12.3 Å². The number of hydrogen-bond acceptors (Lipinski definition) is 2. The Morgan fingerprint density at radius 2 is 1.94 bits per heavy atom. The maximum atomic E-state index is 5.66. The molecule has 2 fully saturated rings. The lowest BCUT2D eigenvalue weighted by Gasteiger charge is -2.39. The van der Waals surface area contributed by atoms with E-state index in [1.54, 1.807) is 0 Å². The molecular formula is C14H24N2. The fourth-order valence-electron chi connectivity index (χ4n) is 3.08. The molecular weight excluding hydrogens is 196 g/mol. The average Bonchev–Trinajstić information content (AvgIpc) is 2.59. The minimum Gasteiger partial charge on any atom is -0.310 e. The molecule has 0 aromatic rings. The maximum Gasteiger partial charge on any atom is 0.0766 e. The highest BCUT2D eigenvalue weighted by atomic mass is 15.2. The molecule has 2 nitrogen and oxygen atoms in total. The van der Waals surface area contributed by atoms with Crippen LogP contribution in [0.15, 0.2) is 0 Å². The standard InChI is InChI=1S/C14H24N2/c1-4-13(2,3)16-11-7-10-15-14(12-16)8-5-6-9-14/h1,15H,5-12H2,2-3H3. The third-order valence-electron chi connectivity index (χ3n) is 4.30. The SMILES string of the molecule is C#CC(C)(C)N1CCCNC2(CCCC2)C1. The van der Waals surface area contributed by atoms with Crippen molar-refractivity contribution in [1.29, 1.82) is 0 Å². The van der Waals surface area contributed by atoms with Crippen molar-refractivity contribution < 1.29 is 0 Å². The van der Waals surface area contributed by atoms with Crippen LogP contribution in [0.3, 0.4) is 0 Å². The minimum atomic E-state index is -0.0956. The molecule has 1 N–H and O–H groups in total. The van der Waals surface area contributed by atoms with Crippen LogP contribution < -0.4 is 5.32 Å². The van der Waals surface area contributed by atoms with Crippen molar-refractivity contribution in [3.8, 4) is 12.3 Å². The predicted octanol–water partition coefficient (Wildman–Crippen LogP) is 2.01. The van der Waals surface area contributed by atoms with Gasteiger partial charge in [-0.1, -0.05) is 18.8 Å². The van der Waals surface area contributed by atoms with E-state index in [1.165, 1.54) is 32.1 Å². The summed E-state index contributed by atoms with van der Waals surface area (Å²) in [7, 11) is 0. The molecule has 16 heavy (non-hydrogen) atoms. The topological polar surface area (TPSA) is 15.3 Å². The summed E-state index contributed by atoms with van der Waals surface area (Å²) in [6.07, 6.45) is 12.3. The van der Waals surface area contributed by atoms with E-state index in [2.05, 4.69) is 30.0 Å².